The molecule has 8 heteroatoms. The highest BCUT2D eigenvalue weighted by molar-refractivity contribution is 7.91. The summed E-state index contributed by atoms with van der Waals surface area (Å²) >= 11 is 0. The maximum atomic E-state index is 13.2. The molecule has 1 aliphatic heterocycles. The van der Waals surface area contributed by atoms with Crippen molar-refractivity contribution in [2.45, 2.75) is 57.7 Å². The molecule has 1 amide bonds. The van der Waals surface area contributed by atoms with Crippen molar-refractivity contribution in [2.24, 2.45) is 0 Å². The average Bonchev–Trinajstić information content (AvgIpc) is 3.28. The molecule has 0 spiro atoms. The Labute approximate surface area is 164 Å². The van der Waals surface area contributed by atoms with Crippen LogP contribution in [0.1, 0.15) is 37.7 Å². The number of benzene rings is 1. The highest BCUT2D eigenvalue weighted by atomic mass is 32.2. The summed E-state index contributed by atoms with van der Waals surface area (Å²) in [7, 11) is -3.09. The Hall–Kier alpha value is -2.22. The Kier molecular flexibility index (Phi) is 4.99. The van der Waals surface area contributed by atoms with E-state index >= 15 is 0 Å². The molecule has 150 valence electrons. The highest BCUT2D eigenvalue weighted by Gasteiger charge is 2.39. The summed E-state index contributed by atoms with van der Waals surface area (Å²) in [6.45, 7) is 1.79. The summed E-state index contributed by atoms with van der Waals surface area (Å²) in [6, 6.07) is 5.20. The van der Waals surface area contributed by atoms with Gasteiger partial charge in [0, 0.05) is 12.1 Å². The van der Waals surface area contributed by atoms with E-state index in [1.165, 1.54) is 10.9 Å². The maximum absolute atomic E-state index is 13.2. The lowest BCUT2D eigenvalue weighted by Crippen LogP contribution is -2.49. The molecule has 1 saturated heterocycles. The van der Waals surface area contributed by atoms with E-state index in [4.69, 9.17) is 0 Å². The lowest BCUT2D eigenvalue weighted by molar-refractivity contribution is -0.136. The minimum absolute atomic E-state index is 0.0271. The lowest BCUT2D eigenvalue weighted by atomic mass is 10.1. The van der Waals surface area contributed by atoms with Gasteiger partial charge in [-0.25, -0.2) is 13.4 Å². The van der Waals surface area contributed by atoms with Crippen LogP contribution in [0.15, 0.2) is 29.3 Å². The van der Waals surface area contributed by atoms with Gasteiger partial charge >= 0.3 is 0 Å². The number of hydrogen-bond donors (Lipinski definition) is 0. The molecule has 1 atom stereocenters. The molecule has 1 aromatic heterocycles. The molecular weight excluding hydrogens is 378 g/mol. The Balaban J connectivity index is 1.64. The van der Waals surface area contributed by atoms with Crippen molar-refractivity contribution >= 4 is 26.6 Å². The number of carbonyl (C=O) groups is 1. The molecule has 1 aliphatic carbocycles. The third-order valence-electron chi connectivity index (χ3n) is 5.97. The number of aromatic nitrogens is 2. The van der Waals surface area contributed by atoms with Crippen molar-refractivity contribution in [1.82, 2.24) is 14.5 Å². The average molecular weight is 404 g/mol. The fourth-order valence-corrected chi connectivity index (χ4v) is 6.27. The predicted octanol–water partition coefficient (Wildman–Crippen LogP) is 1.66. The van der Waals surface area contributed by atoms with E-state index in [1.807, 2.05) is 13.0 Å². The maximum Gasteiger partial charge on any atom is 0.261 e. The van der Waals surface area contributed by atoms with Crippen LogP contribution < -0.4 is 5.56 Å². The topological polar surface area (TPSA) is 89.3 Å². The number of carbonyl (C=O) groups excluding carboxylic acids is 1. The molecule has 0 radical (unpaired) electrons. The zero-order valence-corrected chi connectivity index (χ0v) is 16.8. The van der Waals surface area contributed by atoms with E-state index < -0.39 is 9.84 Å². The number of amides is 1. The molecule has 2 aliphatic rings. The molecule has 0 bridgehead atoms. The summed E-state index contributed by atoms with van der Waals surface area (Å²) in [6.07, 6.45) is 5.79. The standard InChI is InChI=1S/C20H25N3O4S/c1-14-5-4-8-17-19(14)21-13-22(20(17)25)11-18(24)23(15-6-2-3-7-15)16-9-10-28(26,27)12-16/h4-5,8,13,15-16H,2-3,6-7,9-12H2,1H3. The van der Waals surface area contributed by atoms with Crippen LogP contribution in [0.2, 0.25) is 0 Å². The zero-order valence-electron chi connectivity index (χ0n) is 16.0. The van der Waals surface area contributed by atoms with E-state index in [2.05, 4.69) is 4.98 Å². The van der Waals surface area contributed by atoms with Gasteiger partial charge in [0.1, 0.15) is 6.54 Å². The van der Waals surface area contributed by atoms with Gasteiger partial charge in [0.25, 0.3) is 5.56 Å². The molecule has 4 rings (SSSR count). The first kappa shape index (κ1) is 19.1. The fourth-order valence-electron chi connectivity index (χ4n) is 4.56. The second kappa shape index (κ2) is 7.31. The van der Waals surface area contributed by atoms with Gasteiger partial charge in [-0.3, -0.25) is 14.2 Å². The first-order valence-corrected chi connectivity index (χ1v) is 11.6. The summed E-state index contributed by atoms with van der Waals surface area (Å²) in [4.78, 5) is 32.2. The smallest absolute Gasteiger partial charge is 0.261 e. The summed E-state index contributed by atoms with van der Waals surface area (Å²) in [5.74, 6) is -0.0329. The van der Waals surface area contributed by atoms with Gasteiger partial charge in [-0.15, -0.1) is 0 Å². The molecule has 1 aromatic carbocycles. The van der Waals surface area contributed by atoms with Crippen molar-refractivity contribution in [2.75, 3.05) is 11.5 Å². The molecule has 2 aromatic rings. The van der Waals surface area contributed by atoms with E-state index in [0.29, 0.717) is 17.3 Å². The Morgan fingerprint density at radius 3 is 2.64 bits per heavy atom. The third-order valence-corrected chi connectivity index (χ3v) is 7.72. The van der Waals surface area contributed by atoms with Gasteiger partial charge in [-0.2, -0.15) is 0 Å². The molecule has 28 heavy (non-hydrogen) atoms. The van der Waals surface area contributed by atoms with Crippen molar-refractivity contribution in [3.63, 3.8) is 0 Å². The van der Waals surface area contributed by atoms with Crippen molar-refractivity contribution in [3.8, 4) is 0 Å². The number of para-hydroxylation sites is 1. The van der Waals surface area contributed by atoms with Crippen LogP contribution >= 0.6 is 0 Å². The Morgan fingerprint density at radius 2 is 1.96 bits per heavy atom. The van der Waals surface area contributed by atoms with Crippen molar-refractivity contribution in [3.05, 3.63) is 40.4 Å². The van der Waals surface area contributed by atoms with Gasteiger partial charge < -0.3 is 4.90 Å². The van der Waals surface area contributed by atoms with Crippen molar-refractivity contribution in [1.29, 1.82) is 0 Å². The normalized spacial score (nSPS) is 22.0. The fraction of sp³-hybridized carbons (Fsp3) is 0.550. The number of fused-ring (bicyclic) bond motifs is 1. The number of aryl methyl sites for hydroxylation is 1. The van der Waals surface area contributed by atoms with Gasteiger partial charge in [0.2, 0.25) is 5.91 Å². The molecule has 0 N–H and O–H groups in total. The number of rotatable bonds is 4. The van der Waals surface area contributed by atoms with Crippen LogP contribution in [0.5, 0.6) is 0 Å². The summed E-state index contributed by atoms with van der Waals surface area (Å²) in [5.41, 5.74) is 1.31. The molecule has 7 nitrogen and oxygen atoms in total. The Morgan fingerprint density at radius 1 is 1.21 bits per heavy atom. The zero-order chi connectivity index (χ0) is 19.9. The minimum atomic E-state index is -3.09. The van der Waals surface area contributed by atoms with Gasteiger partial charge in [0.15, 0.2) is 9.84 Å². The Bertz CT molecular complexity index is 1070. The first-order valence-electron chi connectivity index (χ1n) is 9.82. The highest BCUT2D eigenvalue weighted by Crippen LogP contribution is 2.29. The van der Waals surface area contributed by atoms with E-state index in [9.17, 15) is 18.0 Å². The molecule has 2 heterocycles. The second-order valence-electron chi connectivity index (χ2n) is 7.94. The van der Waals surface area contributed by atoms with E-state index in [0.717, 1.165) is 31.2 Å². The lowest BCUT2D eigenvalue weighted by Gasteiger charge is -2.34. The van der Waals surface area contributed by atoms with Gasteiger partial charge in [-0.05, 0) is 37.8 Å². The second-order valence-corrected chi connectivity index (χ2v) is 10.2. The first-order chi connectivity index (χ1) is 13.4. The summed E-state index contributed by atoms with van der Waals surface area (Å²) < 4.78 is 25.3. The number of sulfone groups is 1. The molecule has 1 unspecified atom stereocenters. The van der Waals surface area contributed by atoms with Crippen LogP contribution in [0, 0.1) is 6.92 Å². The van der Waals surface area contributed by atoms with Crippen LogP contribution in [0.3, 0.4) is 0 Å². The minimum Gasteiger partial charge on any atom is -0.334 e. The quantitative estimate of drug-likeness (QED) is 0.775. The summed E-state index contributed by atoms with van der Waals surface area (Å²) in [5, 5.41) is 0.492. The van der Waals surface area contributed by atoms with Crippen LogP contribution in [-0.2, 0) is 21.2 Å². The molecule has 1 saturated carbocycles. The molecule has 2 fully saturated rings. The van der Waals surface area contributed by atoms with Crippen molar-refractivity contribution < 1.29 is 13.2 Å². The van der Waals surface area contributed by atoms with E-state index in [1.54, 1.807) is 17.0 Å². The number of hydrogen-bond acceptors (Lipinski definition) is 5. The predicted molar refractivity (Wildman–Crippen MR) is 107 cm³/mol. The van der Waals surface area contributed by atoms with Gasteiger partial charge in [-0.1, -0.05) is 25.0 Å². The largest absolute Gasteiger partial charge is 0.334 e. The number of nitrogens with zero attached hydrogens (tertiary/aromatic N) is 3. The van der Waals surface area contributed by atoms with E-state index in [-0.39, 0.29) is 41.6 Å². The third kappa shape index (κ3) is 3.57. The van der Waals surface area contributed by atoms with Crippen LogP contribution in [0.25, 0.3) is 10.9 Å². The van der Waals surface area contributed by atoms with Crippen LogP contribution in [0.4, 0.5) is 0 Å². The molecular formula is C20H25N3O4S. The SMILES string of the molecule is Cc1cccc2c(=O)n(CC(=O)N(C3CCCC3)C3CCS(=O)(=O)C3)cnc12. The van der Waals surface area contributed by atoms with Gasteiger partial charge in [0.05, 0.1) is 28.7 Å². The van der Waals surface area contributed by atoms with Crippen LogP contribution in [-0.4, -0.2) is 52.4 Å². The monoisotopic (exact) mass is 403 g/mol.